The Bertz CT molecular complexity index is 1440. The lowest BCUT2D eigenvalue weighted by Gasteiger charge is -2.11. The lowest BCUT2D eigenvalue weighted by Crippen LogP contribution is -2.30. The molecular weight excluding hydrogens is 546 g/mol. The molecule has 0 fully saturated rings. The fourth-order valence-electron chi connectivity index (χ4n) is 3.32. The van der Waals surface area contributed by atoms with E-state index in [9.17, 15) is 22.8 Å². The third kappa shape index (κ3) is 8.01. The van der Waals surface area contributed by atoms with Gasteiger partial charge in [0.05, 0.1) is 29.2 Å². The first-order chi connectivity index (χ1) is 18.5. The number of hydrogen-bond donors (Lipinski definition) is 2. The molecule has 1 heterocycles. The number of nitrogens with zero attached hydrogens (tertiary/aromatic N) is 1. The summed E-state index contributed by atoms with van der Waals surface area (Å²) < 4.78 is 37.7. The molecule has 0 spiro atoms. The van der Waals surface area contributed by atoms with Crippen molar-refractivity contribution in [2.45, 2.75) is 37.7 Å². The molecule has 0 radical (unpaired) electrons. The van der Waals surface area contributed by atoms with Gasteiger partial charge < -0.3 is 14.8 Å². The molecule has 0 saturated carbocycles. The van der Waals surface area contributed by atoms with Gasteiger partial charge in [0, 0.05) is 17.8 Å². The quantitative estimate of drug-likeness (QED) is 0.330. The molecule has 39 heavy (non-hydrogen) atoms. The third-order valence-corrected chi connectivity index (χ3v) is 7.27. The minimum Gasteiger partial charge on any atom is -0.496 e. The second-order valence-electron chi connectivity index (χ2n) is 8.49. The van der Waals surface area contributed by atoms with Gasteiger partial charge in [-0.25, -0.2) is 22.9 Å². The molecule has 1 aromatic heterocycles. The van der Waals surface area contributed by atoms with E-state index in [2.05, 4.69) is 10.3 Å². The number of amides is 2. The number of ether oxygens (including phenoxy) is 2. The maximum absolute atomic E-state index is 12.7. The number of rotatable bonds is 11. The summed E-state index contributed by atoms with van der Waals surface area (Å²) in [6.07, 6.45) is 1.89. The van der Waals surface area contributed by atoms with Crippen molar-refractivity contribution >= 4 is 39.4 Å². The number of carbonyl (C=O) groups excluding carboxylic acids is 3. The van der Waals surface area contributed by atoms with Crippen LogP contribution in [0.15, 0.2) is 65.7 Å². The molecule has 10 nitrogen and oxygen atoms in total. The van der Waals surface area contributed by atoms with Crippen LogP contribution < -0.4 is 14.8 Å². The Kier molecular flexibility index (Phi) is 10.0. The molecule has 206 valence electrons. The molecule has 1 atom stereocenters. The number of carbonyl (C=O) groups is 3. The highest BCUT2D eigenvalue weighted by molar-refractivity contribution is 7.90. The van der Waals surface area contributed by atoms with Gasteiger partial charge in [-0.05, 0) is 67.8 Å². The molecule has 0 unspecified atom stereocenters. The average molecular weight is 574 g/mol. The van der Waals surface area contributed by atoms with Crippen molar-refractivity contribution in [3.63, 3.8) is 0 Å². The minimum atomic E-state index is -4.17. The highest BCUT2D eigenvalue weighted by Gasteiger charge is 2.20. The van der Waals surface area contributed by atoms with Gasteiger partial charge in [0.1, 0.15) is 11.4 Å². The Morgan fingerprint density at radius 1 is 1.03 bits per heavy atom. The fourth-order valence-corrected chi connectivity index (χ4v) is 4.47. The van der Waals surface area contributed by atoms with Gasteiger partial charge in [0.25, 0.3) is 21.8 Å². The van der Waals surface area contributed by atoms with Crippen molar-refractivity contribution in [1.29, 1.82) is 0 Å². The topological polar surface area (TPSA) is 141 Å². The average Bonchev–Trinajstić information content (AvgIpc) is 2.93. The number of hydrogen-bond acceptors (Lipinski definition) is 8. The van der Waals surface area contributed by atoms with Crippen LogP contribution in [0.4, 0.5) is 0 Å². The van der Waals surface area contributed by atoms with Crippen LogP contribution in [0.2, 0.25) is 5.02 Å². The summed E-state index contributed by atoms with van der Waals surface area (Å²) in [5, 5.41) is 3.18. The molecular formula is C27H28ClN3O7S. The largest absolute Gasteiger partial charge is 0.496 e. The van der Waals surface area contributed by atoms with E-state index in [4.69, 9.17) is 21.1 Å². The third-order valence-electron chi connectivity index (χ3n) is 5.68. The van der Waals surface area contributed by atoms with Crippen molar-refractivity contribution in [3.8, 4) is 5.75 Å². The minimum absolute atomic E-state index is 0.00758. The summed E-state index contributed by atoms with van der Waals surface area (Å²) in [6.45, 7) is 3.90. The first-order valence-electron chi connectivity index (χ1n) is 12.0. The molecule has 0 saturated heterocycles. The zero-order valence-electron chi connectivity index (χ0n) is 21.6. The zero-order chi connectivity index (χ0) is 28.6. The maximum Gasteiger partial charge on any atom is 0.357 e. The van der Waals surface area contributed by atoms with Gasteiger partial charge in [-0.2, -0.15) is 0 Å². The first-order valence-corrected chi connectivity index (χ1v) is 13.8. The van der Waals surface area contributed by atoms with Crippen LogP contribution in [0.25, 0.3) is 0 Å². The molecule has 0 aliphatic rings. The van der Waals surface area contributed by atoms with Gasteiger partial charge in [0.15, 0.2) is 0 Å². The second kappa shape index (κ2) is 13.2. The van der Waals surface area contributed by atoms with Crippen molar-refractivity contribution in [2.75, 3.05) is 13.7 Å². The van der Waals surface area contributed by atoms with Crippen LogP contribution in [0.1, 0.15) is 57.0 Å². The first kappa shape index (κ1) is 29.6. The number of sulfonamides is 1. The normalized spacial score (nSPS) is 11.8. The van der Waals surface area contributed by atoms with E-state index in [-0.39, 0.29) is 34.7 Å². The number of benzene rings is 2. The molecule has 2 aromatic carbocycles. The molecule has 0 aliphatic carbocycles. The summed E-state index contributed by atoms with van der Waals surface area (Å²) in [5.41, 5.74) is 1.04. The summed E-state index contributed by atoms with van der Waals surface area (Å²) in [6, 6.07) is 13.2. The van der Waals surface area contributed by atoms with Gasteiger partial charge in [0.2, 0.25) is 0 Å². The fraction of sp³-hybridized carbons (Fsp3) is 0.259. The van der Waals surface area contributed by atoms with Crippen molar-refractivity contribution in [1.82, 2.24) is 15.0 Å². The van der Waals surface area contributed by atoms with E-state index < -0.39 is 21.9 Å². The van der Waals surface area contributed by atoms with E-state index in [1.54, 1.807) is 31.2 Å². The SMILES string of the molecule is CC[C@@H](C)OC(=O)c1ccc(C(=O)NS(=O)(=O)c2ccc(CCNC(=O)c3cc(Cl)ccc3OC)cc2)cn1. The number of pyridine rings is 1. The van der Waals surface area contributed by atoms with Crippen molar-refractivity contribution < 1.29 is 32.3 Å². The Hall–Kier alpha value is -3.96. The van der Waals surface area contributed by atoms with E-state index >= 15 is 0 Å². The number of nitrogens with one attached hydrogen (secondary N) is 2. The molecule has 0 aliphatic heterocycles. The highest BCUT2D eigenvalue weighted by atomic mass is 35.5. The Morgan fingerprint density at radius 3 is 2.36 bits per heavy atom. The number of aromatic nitrogens is 1. The second-order valence-corrected chi connectivity index (χ2v) is 10.6. The lowest BCUT2D eigenvalue weighted by molar-refractivity contribution is 0.0327. The van der Waals surface area contributed by atoms with Gasteiger partial charge in [-0.3, -0.25) is 9.59 Å². The molecule has 3 rings (SSSR count). The monoisotopic (exact) mass is 573 g/mol. The number of esters is 1. The van der Waals surface area contributed by atoms with Crippen LogP contribution >= 0.6 is 11.6 Å². The molecule has 2 N–H and O–H groups in total. The van der Waals surface area contributed by atoms with Crippen LogP contribution in [-0.4, -0.2) is 50.9 Å². The maximum atomic E-state index is 12.7. The van der Waals surface area contributed by atoms with Gasteiger partial charge in [-0.1, -0.05) is 30.7 Å². The lowest BCUT2D eigenvalue weighted by atomic mass is 10.1. The van der Waals surface area contributed by atoms with Crippen molar-refractivity contribution in [2.24, 2.45) is 0 Å². The van der Waals surface area contributed by atoms with Crippen LogP contribution in [-0.2, 0) is 21.2 Å². The van der Waals surface area contributed by atoms with Gasteiger partial charge >= 0.3 is 5.97 Å². The van der Waals surface area contributed by atoms with E-state index in [1.807, 2.05) is 11.6 Å². The number of methoxy groups -OCH3 is 1. The molecule has 3 aromatic rings. The van der Waals surface area contributed by atoms with Gasteiger partial charge in [-0.15, -0.1) is 0 Å². The predicted molar refractivity (Wildman–Crippen MR) is 145 cm³/mol. The summed E-state index contributed by atoms with van der Waals surface area (Å²) in [4.78, 5) is 40.8. The zero-order valence-corrected chi connectivity index (χ0v) is 23.1. The Balaban J connectivity index is 1.56. The highest BCUT2D eigenvalue weighted by Crippen LogP contribution is 2.22. The Morgan fingerprint density at radius 2 is 1.74 bits per heavy atom. The molecule has 0 bridgehead atoms. The Labute approximate surface area is 231 Å². The summed E-state index contributed by atoms with van der Waals surface area (Å²) >= 11 is 5.97. The van der Waals surface area contributed by atoms with E-state index in [0.29, 0.717) is 29.2 Å². The molecule has 12 heteroatoms. The van der Waals surface area contributed by atoms with Crippen LogP contribution in [0, 0.1) is 0 Å². The van der Waals surface area contributed by atoms with Crippen molar-refractivity contribution in [3.05, 3.63) is 88.2 Å². The standard InChI is InChI=1S/C27H28ClN3O7S/c1-4-17(2)38-27(34)23-11-7-19(16-30-23)25(32)31-39(35,36)21-9-5-18(6-10-21)13-14-29-26(33)22-15-20(28)8-12-24(22)37-3/h5-12,15-17H,4,13-14H2,1-3H3,(H,29,33)(H,31,32)/t17-/m1/s1. The summed E-state index contributed by atoms with van der Waals surface area (Å²) in [5.74, 6) is -1.49. The van der Waals surface area contributed by atoms with E-state index in [1.165, 1.54) is 37.4 Å². The molecule has 2 amide bonds. The van der Waals surface area contributed by atoms with Crippen LogP contribution in [0.5, 0.6) is 5.75 Å². The van der Waals surface area contributed by atoms with Crippen LogP contribution in [0.3, 0.4) is 0 Å². The smallest absolute Gasteiger partial charge is 0.357 e. The number of halogens is 1. The predicted octanol–water partition coefficient (Wildman–Crippen LogP) is 3.79. The summed E-state index contributed by atoms with van der Waals surface area (Å²) in [7, 11) is -2.71. The van der Waals surface area contributed by atoms with E-state index in [0.717, 1.165) is 11.8 Å².